The molecule has 4 heterocycles. The summed E-state index contributed by atoms with van der Waals surface area (Å²) in [5.74, 6) is 0. The maximum Gasteiger partial charge on any atom is 0.0688 e. The van der Waals surface area contributed by atoms with Crippen molar-refractivity contribution in [2.45, 2.75) is 19.3 Å². The molecule has 3 nitrogen and oxygen atoms in total. The van der Waals surface area contributed by atoms with Gasteiger partial charge in [0.05, 0.1) is 22.8 Å². The summed E-state index contributed by atoms with van der Waals surface area (Å²) in [6, 6.07) is 17.9. The molecular weight excluding hydrogens is 342 g/mol. The number of benzene rings is 2. The molecule has 0 fully saturated rings. The smallest absolute Gasteiger partial charge is 0.0688 e. The Kier molecular flexibility index (Phi) is 2.64. The quantitative estimate of drug-likeness (QED) is 0.367. The molecule has 2 aliphatic heterocycles. The Morgan fingerprint density at radius 1 is 0.679 bits per heavy atom. The van der Waals surface area contributed by atoms with Gasteiger partial charge in [-0.05, 0) is 58.0 Å². The Balaban J connectivity index is 1.53. The lowest BCUT2D eigenvalue weighted by Crippen LogP contribution is -2.25. The minimum Gasteiger partial charge on any atom is -0.308 e. The molecule has 2 aromatic carbocycles. The van der Waals surface area contributed by atoms with E-state index in [0.717, 1.165) is 25.0 Å². The van der Waals surface area contributed by atoms with Crippen LogP contribution in [0.3, 0.4) is 0 Å². The van der Waals surface area contributed by atoms with Gasteiger partial charge >= 0.3 is 0 Å². The third-order valence-corrected chi connectivity index (χ3v) is 6.37. The molecule has 0 unspecified atom stereocenters. The van der Waals surface area contributed by atoms with E-state index in [1.807, 2.05) is 24.7 Å². The standard InChI is InChI=1S/C25H17N3/c1-2-5-20-15(4-1)8-16-9-17-10-18-13-26-14-19-11-22-23(6-3-7-27-22)28(25(18)19)24(17)12-21(16)20/h1-7,9,12-14H,8,10-11H2. The Hall–Kier alpha value is -3.46. The van der Waals surface area contributed by atoms with Gasteiger partial charge in [0.15, 0.2) is 0 Å². The van der Waals surface area contributed by atoms with Crippen molar-refractivity contribution in [2.75, 3.05) is 4.90 Å². The van der Waals surface area contributed by atoms with Crippen LogP contribution in [0.15, 0.2) is 67.1 Å². The molecule has 7 rings (SSSR count). The van der Waals surface area contributed by atoms with Crippen LogP contribution < -0.4 is 4.90 Å². The van der Waals surface area contributed by atoms with Gasteiger partial charge in [0.25, 0.3) is 0 Å². The number of hydrogen-bond acceptors (Lipinski definition) is 3. The van der Waals surface area contributed by atoms with E-state index in [9.17, 15) is 0 Å². The number of anilines is 3. The third kappa shape index (κ3) is 1.79. The lowest BCUT2D eigenvalue weighted by Gasteiger charge is -2.38. The molecule has 0 amide bonds. The zero-order valence-electron chi connectivity index (χ0n) is 15.3. The van der Waals surface area contributed by atoms with Crippen LogP contribution in [0, 0.1) is 0 Å². The van der Waals surface area contributed by atoms with Crippen LogP contribution >= 0.6 is 0 Å². The van der Waals surface area contributed by atoms with E-state index < -0.39 is 0 Å². The van der Waals surface area contributed by atoms with Crippen LogP contribution in [0.4, 0.5) is 17.1 Å². The van der Waals surface area contributed by atoms with Gasteiger partial charge in [-0.3, -0.25) is 9.97 Å². The molecular formula is C25H17N3. The molecule has 28 heavy (non-hydrogen) atoms. The average molecular weight is 359 g/mol. The second-order valence-electron chi connectivity index (χ2n) is 7.94. The summed E-state index contributed by atoms with van der Waals surface area (Å²) in [5.41, 5.74) is 14.5. The summed E-state index contributed by atoms with van der Waals surface area (Å²) in [6.45, 7) is 0. The molecule has 0 saturated heterocycles. The summed E-state index contributed by atoms with van der Waals surface area (Å²) in [7, 11) is 0. The van der Waals surface area contributed by atoms with Crippen molar-refractivity contribution < 1.29 is 0 Å². The minimum absolute atomic E-state index is 0.853. The first-order valence-corrected chi connectivity index (χ1v) is 9.81. The molecule has 0 radical (unpaired) electrons. The van der Waals surface area contributed by atoms with E-state index in [1.54, 1.807) is 0 Å². The first-order valence-electron chi connectivity index (χ1n) is 9.81. The normalized spacial score (nSPS) is 14.6. The topological polar surface area (TPSA) is 29.0 Å². The second-order valence-corrected chi connectivity index (χ2v) is 7.94. The van der Waals surface area contributed by atoms with Crippen LogP contribution in [0.25, 0.3) is 11.1 Å². The van der Waals surface area contributed by atoms with E-state index >= 15 is 0 Å². The first-order chi connectivity index (χ1) is 13.9. The first kappa shape index (κ1) is 14.6. The molecule has 1 aliphatic carbocycles. The van der Waals surface area contributed by atoms with E-state index in [2.05, 4.69) is 57.3 Å². The van der Waals surface area contributed by atoms with E-state index in [4.69, 9.17) is 0 Å². The van der Waals surface area contributed by atoms with Crippen LogP contribution in [-0.2, 0) is 19.3 Å². The third-order valence-electron chi connectivity index (χ3n) is 6.37. The molecule has 0 saturated carbocycles. The fourth-order valence-corrected chi connectivity index (χ4v) is 5.19. The second kappa shape index (κ2) is 5.08. The highest BCUT2D eigenvalue weighted by Gasteiger charge is 2.33. The number of rotatable bonds is 0. The lowest BCUT2D eigenvalue weighted by atomic mass is 9.88. The van der Waals surface area contributed by atoms with Crippen LogP contribution in [0.1, 0.15) is 33.5 Å². The van der Waals surface area contributed by atoms with Gasteiger partial charge in [-0.25, -0.2) is 0 Å². The average Bonchev–Trinajstić information content (AvgIpc) is 3.09. The van der Waals surface area contributed by atoms with Gasteiger partial charge in [-0.2, -0.15) is 0 Å². The summed E-state index contributed by atoms with van der Waals surface area (Å²) in [6.07, 6.45) is 8.77. The highest BCUT2D eigenvalue weighted by molar-refractivity contribution is 5.91. The van der Waals surface area contributed by atoms with Crippen LogP contribution in [0.5, 0.6) is 0 Å². The summed E-state index contributed by atoms with van der Waals surface area (Å²) >= 11 is 0. The Labute approximate surface area is 163 Å². The number of pyridine rings is 2. The molecule has 4 aromatic rings. The molecule has 3 heteroatoms. The van der Waals surface area contributed by atoms with Crippen LogP contribution in [0.2, 0.25) is 0 Å². The Morgan fingerprint density at radius 3 is 2.50 bits per heavy atom. The molecule has 2 aromatic heterocycles. The molecule has 0 bridgehead atoms. The van der Waals surface area contributed by atoms with E-state index in [-0.39, 0.29) is 0 Å². The lowest BCUT2D eigenvalue weighted by molar-refractivity contribution is 0.951. The van der Waals surface area contributed by atoms with Crippen molar-refractivity contribution in [3.05, 3.63) is 101 Å². The summed E-state index contributed by atoms with van der Waals surface area (Å²) in [4.78, 5) is 11.6. The number of nitrogens with zero attached hydrogens (tertiary/aromatic N) is 3. The molecule has 0 atom stereocenters. The van der Waals surface area contributed by atoms with Crippen molar-refractivity contribution in [1.82, 2.24) is 9.97 Å². The minimum atomic E-state index is 0.853. The zero-order valence-corrected chi connectivity index (χ0v) is 15.3. The van der Waals surface area contributed by atoms with Crippen molar-refractivity contribution in [3.8, 4) is 11.1 Å². The van der Waals surface area contributed by atoms with Crippen molar-refractivity contribution in [2.24, 2.45) is 0 Å². The highest BCUT2D eigenvalue weighted by Crippen LogP contribution is 2.51. The SMILES string of the molecule is c1ccc2c(c1)Cc1cc3c(cc1-2)N1c2cccnc2Cc2cncc(c21)C3. The summed E-state index contributed by atoms with van der Waals surface area (Å²) < 4.78 is 0. The van der Waals surface area contributed by atoms with Crippen molar-refractivity contribution in [1.29, 1.82) is 0 Å². The predicted molar refractivity (Wildman–Crippen MR) is 111 cm³/mol. The number of fused-ring (bicyclic) bond motifs is 7. The fraction of sp³-hybridized carbons (Fsp3) is 0.120. The van der Waals surface area contributed by atoms with E-state index in [1.165, 1.54) is 56.0 Å². The van der Waals surface area contributed by atoms with Gasteiger partial charge in [-0.1, -0.05) is 30.3 Å². The summed E-state index contributed by atoms with van der Waals surface area (Å²) in [5, 5.41) is 0. The number of hydrogen-bond donors (Lipinski definition) is 0. The van der Waals surface area contributed by atoms with Gasteiger partial charge in [-0.15, -0.1) is 0 Å². The Bertz CT molecular complexity index is 1310. The van der Waals surface area contributed by atoms with Gasteiger partial charge in [0.2, 0.25) is 0 Å². The molecule has 132 valence electrons. The molecule has 0 N–H and O–H groups in total. The van der Waals surface area contributed by atoms with Gasteiger partial charge < -0.3 is 4.90 Å². The van der Waals surface area contributed by atoms with Crippen molar-refractivity contribution >= 4 is 17.1 Å². The largest absolute Gasteiger partial charge is 0.308 e. The monoisotopic (exact) mass is 359 g/mol. The number of aromatic nitrogens is 2. The maximum atomic E-state index is 4.68. The zero-order chi connectivity index (χ0) is 18.2. The molecule has 0 spiro atoms. The van der Waals surface area contributed by atoms with Crippen molar-refractivity contribution in [3.63, 3.8) is 0 Å². The van der Waals surface area contributed by atoms with Crippen LogP contribution in [-0.4, -0.2) is 9.97 Å². The maximum absolute atomic E-state index is 4.68. The molecule has 3 aliphatic rings. The highest BCUT2D eigenvalue weighted by atomic mass is 15.2. The fourth-order valence-electron chi connectivity index (χ4n) is 5.19. The predicted octanol–water partition coefficient (Wildman–Crippen LogP) is 5.33. The van der Waals surface area contributed by atoms with E-state index in [0.29, 0.717) is 0 Å². The Morgan fingerprint density at radius 2 is 1.54 bits per heavy atom. The van der Waals surface area contributed by atoms with Gasteiger partial charge in [0.1, 0.15) is 0 Å². The van der Waals surface area contributed by atoms with Gasteiger partial charge in [0, 0.05) is 37.0 Å².